The van der Waals surface area contributed by atoms with E-state index in [4.69, 9.17) is 16.9 Å². The van der Waals surface area contributed by atoms with E-state index >= 15 is 0 Å². The Hall–Kier alpha value is -1.53. The Kier molecular flexibility index (Phi) is 1.49. The van der Waals surface area contributed by atoms with Gasteiger partial charge in [-0.3, -0.25) is 4.98 Å². The van der Waals surface area contributed by atoms with Crippen LogP contribution < -0.4 is 0 Å². The van der Waals surface area contributed by atoms with E-state index in [2.05, 4.69) is 4.98 Å². The van der Waals surface area contributed by atoms with Gasteiger partial charge in [0.2, 0.25) is 0 Å². The number of halogens is 1. The standard InChI is InChI=1S/C8H4ClN3/c9-8-3-6(4-10)7-5-11-1-2-12(7)8/h1-3,5H. The fourth-order valence-electron chi connectivity index (χ4n) is 1.10. The van der Waals surface area contributed by atoms with E-state index in [1.807, 2.05) is 6.07 Å². The molecule has 12 heavy (non-hydrogen) atoms. The van der Waals surface area contributed by atoms with Gasteiger partial charge >= 0.3 is 0 Å². The number of hydrogen-bond donors (Lipinski definition) is 0. The maximum atomic E-state index is 8.70. The summed E-state index contributed by atoms with van der Waals surface area (Å²) in [7, 11) is 0. The van der Waals surface area contributed by atoms with Crippen LogP contribution in [0.15, 0.2) is 24.7 Å². The molecule has 3 nitrogen and oxygen atoms in total. The number of nitriles is 1. The summed E-state index contributed by atoms with van der Waals surface area (Å²) in [6.45, 7) is 0. The molecule has 0 aromatic carbocycles. The molecule has 2 aromatic heterocycles. The predicted octanol–water partition coefficient (Wildman–Crippen LogP) is 1.86. The van der Waals surface area contributed by atoms with Crippen molar-refractivity contribution in [3.8, 4) is 6.07 Å². The van der Waals surface area contributed by atoms with Crippen LogP contribution in [0.5, 0.6) is 0 Å². The molecule has 0 radical (unpaired) electrons. The van der Waals surface area contributed by atoms with Gasteiger partial charge < -0.3 is 4.40 Å². The van der Waals surface area contributed by atoms with Crippen molar-refractivity contribution in [2.45, 2.75) is 0 Å². The van der Waals surface area contributed by atoms with Crippen molar-refractivity contribution in [1.29, 1.82) is 5.26 Å². The van der Waals surface area contributed by atoms with Gasteiger partial charge in [-0.15, -0.1) is 0 Å². The van der Waals surface area contributed by atoms with Crippen molar-refractivity contribution < 1.29 is 0 Å². The summed E-state index contributed by atoms with van der Waals surface area (Å²) in [6.07, 6.45) is 4.96. The van der Waals surface area contributed by atoms with Gasteiger partial charge in [-0.2, -0.15) is 5.26 Å². The third-order valence-electron chi connectivity index (χ3n) is 1.65. The number of fused-ring (bicyclic) bond motifs is 1. The van der Waals surface area contributed by atoms with Crippen molar-refractivity contribution >= 4 is 17.1 Å². The highest BCUT2D eigenvalue weighted by atomic mass is 35.5. The molecule has 0 aliphatic heterocycles. The second-order valence-corrected chi connectivity index (χ2v) is 2.71. The molecule has 2 aromatic rings. The maximum absolute atomic E-state index is 8.70. The Bertz CT molecular complexity index is 467. The average molecular weight is 178 g/mol. The van der Waals surface area contributed by atoms with Crippen LogP contribution in [0.25, 0.3) is 5.52 Å². The van der Waals surface area contributed by atoms with Gasteiger partial charge in [-0.1, -0.05) is 11.6 Å². The molecule has 4 heteroatoms. The van der Waals surface area contributed by atoms with Crippen molar-refractivity contribution in [2.75, 3.05) is 0 Å². The van der Waals surface area contributed by atoms with E-state index in [0.717, 1.165) is 5.52 Å². The van der Waals surface area contributed by atoms with Crippen molar-refractivity contribution in [3.63, 3.8) is 0 Å². The summed E-state index contributed by atoms with van der Waals surface area (Å²) >= 11 is 5.84. The lowest BCUT2D eigenvalue weighted by Crippen LogP contribution is -1.83. The lowest BCUT2D eigenvalue weighted by Gasteiger charge is -1.92. The Morgan fingerprint density at radius 1 is 1.58 bits per heavy atom. The van der Waals surface area contributed by atoms with E-state index in [1.165, 1.54) is 0 Å². The number of nitrogens with zero attached hydrogens (tertiary/aromatic N) is 3. The lowest BCUT2D eigenvalue weighted by atomic mass is 10.3. The van der Waals surface area contributed by atoms with Gasteiger partial charge in [0.15, 0.2) is 0 Å². The first-order valence-electron chi connectivity index (χ1n) is 3.33. The van der Waals surface area contributed by atoms with Crippen LogP contribution in [-0.4, -0.2) is 9.38 Å². The molecule has 0 saturated heterocycles. The van der Waals surface area contributed by atoms with E-state index in [-0.39, 0.29) is 0 Å². The summed E-state index contributed by atoms with van der Waals surface area (Å²) in [6, 6.07) is 3.67. The Labute approximate surface area is 73.8 Å². The molecular weight excluding hydrogens is 174 g/mol. The molecule has 58 valence electrons. The summed E-state index contributed by atoms with van der Waals surface area (Å²) in [5.74, 6) is 0. The molecule has 0 fully saturated rings. The maximum Gasteiger partial charge on any atom is 0.114 e. The van der Waals surface area contributed by atoms with Gasteiger partial charge in [0.05, 0.1) is 17.3 Å². The summed E-state index contributed by atoms with van der Waals surface area (Å²) in [5, 5.41) is 9.23. The summed E-state index contributed by atoms with van der Waals surface area (Å²) in [4.78, 5) is 3.90. The topological polar surface area (TPSA) is 41.1 Å². The smallest absolute Gasteiger partial charge is 0.114 e. The monoisotopic (exact) mass is 177 g/mol. The van der Waals surface area contributed by atoms with Crippen LogP contribution in [0.3, 0.4) is 0 Å². The fraction of sp³-hybridized carbons (Fsp3) is 0. The van der Waals surface area contributed by atoms with Gasteiger partial charge in [-0.05, 0) is 6.07 Å². The molecule has 0 saturated carbocycles. The number of aromatic nitrogens is 2. The number of hydrogen-bond acceptors (Lipinski definition) is 2. The molecule has 0 bridgehead atoms. The van der Waals surface area contributed by atoms with Crippen LogP contribution in [-0.2, 0) is 0 Å². The zero-order valence-electron chi connectivity index (χ0n) is 6.03. The van der Waals surface area contributed by atoms with E-state index in [1.54, 1.807) is 29.1 Å². The highest BCUT2D eigenvalue weighted by Crippen LogP contribution is 2.18. The van der Waals surface area contributed by atoms with E-state index in [0.29, 0.717) is 10.7 Å². The first kappa shape index (κ1) is 7.14. The largest absolute Gasteiger partial charge is 0.303 e. The van der Waals surface area contributed by atoms with Crippen LogP contribution in [0, 0.1) is 11.3 Å². The minimum atomic E-state index is 0.531. The zero-order chi connectivity index (χ0) is 8.55. The molecule has 0 amide bonds. The highest BCUT2D eigenvalue weighted by Gasteiger charge is 2.04. The minimum Gasteiger partial charge on any atom is -0.303 e. The quantitative estimate of drug-likeness (QED) is 0.616. The Morgan fingerprint density at radius 2 is 2.42 bits per heavy atom. The zero-order valence-corrected chi connectivity index (χ0v) is 6.78. The minimum absolute atomic E-state index is 0.531. The van der Waals surface area contributed by atoms with Crippen molar-refractivity contribution in [3.05, 3.63) is 35.4 Å². The number of rotatable bonds is 0. The molecule has 0 N–H and O–H groups in total. The van der Waals surface area contributed by atoms with E-state index in [9.17, 15) is 0 Å². The normalized spacial score (nSPS) is 10.0. The van der Waals surface area contributed by atoms with Gasteiger partial charge in [0.1, 0.15) is 11.2 Å². The van der Waals surface area contributed by atoms with Gasteiger partial charge in [0, 0.05) is 12.4 Å². The molecule has 0 unspecified atom stereocenters. The molecule has 0 atom stereocenters. The fourth-order valence-corrected chi connectivity index (χ4v) is 1.36. The van der Waals surface area contributed by atoms with Crippen molar-refractivity contribution in [2.24, 2.45) is 0 Å². The second-order valence-electron chi connectivity index (χ2n) is 2.32. The molecule has 0 aliphatic carbocycles. The molecule has 2 heterocycles. The third kappa shape index (κ3) is 0.858. The molecule has 0 spiro atoms. The van der Waals surface area contributed by atoms with Crippen molar-refractivity contribution in [1.82, 2.24) is 9.38 Å². The van der Waals surface area contributed by atoms with Gasteiger partial charge in [-0.25, -0.2) is 0 Å². The summed E-state index contributed by atoms with van der Waals surface area (Å²) in [5.41, 5.74) is 1.29. The first-order chi connectivity index (χ1) is 5.83. The van der Waals surface area contributed by atoms with E-state index < -0.39 is 0 Å². The Balaban J connectivity index is 2.94. The molecular formula is C8H4ClN3. The first-order valence-corrected chi connectivity index (χ1v) is 3.71. The second kappa shape index (κ2) is 2.50. The lowest BCUT2D eigenvalue weighted by molar-refractivity contribution is 1.14. The van der Waals surface area contributed by atoms with Crippen LogP contribution in [0.1, 0.15) is 5.56 Å². The highest BCUT2D eigenvalue weighted by molar-refractivity contribution is 6.30. The van der Waals surface area contributed by atoms with Crippen LogP contribution in [0.4, 0.5) is 0 Å². The van der Waals surface area contributed by atoms with Crippen LogP contribution >= 0.6 is 11.6 Å². The molecule has 0 aliphatic rings. The summed E-state index contributed by atoms with van der Waals surface area (Å²) < 4.78 is 1.72. The SMILES string of the molecule is N#Cc1cc(Cl)n2ccncc12. The van der Waals surface area contributed by atoms with Gasteiger partial charge in [0.25, 0.3) is 0 Å². The average Bonchev–Trinajstić information content (AvgIpc) is 2.44. The third-order valence-corrected chi connectivity index (χ3v) is 1.94. The van der Waals surface area contributed by atoms with Crippen LogP contribution in [0.2, 0.25) is 5.15 Å². The predicted molar refractivity (Wildman–Crippen MR) is 44.9 cm³/mol. The molecule has 2 rings (SSSR count). The Morgan fingerprint density at radius 3 is 3.17 bits per heavy atom.